The molecule has 0 aliphatic rings. The van der Waals surface area contributed by atoms with Crippen LogP contribution < -0.4 is 5.32 Å². The van der Waals surface area contributed by atoms with E-state index < -0.39 is 0 Å². The number of nitrogens with zero attached hydrogens (tertiary/aromatic N) is 1. The Hall–Kier alpha value is -0.860. The Morgan fingerprint density at radius 1 is 1.10 bits per heavy atom. The Labute approximate surface area is 131 Å². The van der Waals surface area contributed by atoms with Crippen molar-refractivity contribution in [1.82, 2.24) is 10.2 Å². The Morgan fingerprint density at radius 2 is 1.76 bits per heavy atom. The average molecular weight is 290 g/mol. The molecule has 0 fully saturated rings. The number of hydrogen-bond donors (Lipinski definition) is 1. The van der Waals surface area contributed by atoms with Gasteiger partial charge in [-0.3, -0.25) is 0 Å². The lowest BCUT2D eigenvalue weighted by Crippen LogP contribution is -2.35. The van der Waals surface area contributed by atoms with Crippen LogP contribution in [0, 0.1) is 11.8 Å². The first kappa shape index (κ1) is 18.2. The normalized spacial score (nSPS) is 14.6. The summed E-state index contributed by atoms with van der Waals surface area (Å²) in [6.07, 6.45) is 2.46. The van der Waals surface area contributed by atoms with Gasteiger partial charge in [0.05, 0.1) is 0 Å². The maximum absolute atomic E-state index is 3.73. The SMILES string of the molecule is CCCNC(c1ccccc1)C(C)CN(C)CCC(C)C. The largest absolute Gasteiger partial charge is 0.310 e. The fourth-order valence-corrected chi connectivity index (χ4v) is 2.77. The Bertz CT molecular complexity index is 361. The first-order valence-electron chi connectivity index (χ1n) is 8.51. The first-order chi connectivity index (χ1) is 10.0. The number of rotatable bonds is 10. The van der Waals surface area contributed by atoms with Gasteiger partial charge in [0.25, 0.3) is 0 Å². The predicted octanol–water partition coefficient (Wildman–Crippen LogP) is 4.34. The van der Waals surface area contributed by atoms with Crippen LogP contribution in [0.5, 0.6) is 0 Å². The van der Waals surface area contributed by atoms with E-state index in [-0.39, 0.29) is 0 Å². The van der Waals surface area contributed by atoms with E-state index in [2.05, 4.69) is 75.3 Å². The molecule has 1 aromatic carbocycles. The molecule has 0 radical (unpaired) electrons. The van der Waals surface area contributed by atoms with Crippen molar-refractivity contribution in [3.63, 3.8) is 0 Å². The van der Waals surface area contributed by atoms with Gasteiger partial charge in [0, 0.05) is 12.6 Å². The second kappa shape index (κ2) is 9.97. The van der Waals surface area contributed by atoms with Gasteiger partial charge in [0.15, 0.2) is 0 Å². The maximum Gasteiger partial charge on any atom is 0.0358 e. The van der Waals surface area contributed by atoms with Crippen LogP contribution in [-0.4, -0.2) is 31.6 Å². The molecule has 2 unspecified atom stereocenters. The molecule has 0 aliphatic heterocycles. The fraction of sp³-hybridized carbons (Fsp3) is 0.684. The van der Waals surface area contributed by atoms with Gasteiger partial charge in [-0.15, -0.1) is 0 Å². The first-order valence-corrected chi connectivity index (χ1v) is 8.51. The van der Waals surface area contributed by atoms with E-state index in [9.17, 15) is 0 Å². The summed E-state index contributed by atoms with van der Waals surface area (Å²) in [7, 11) is 2.25. The molecule has 120 valence electrons. The van der Waals surface area contributed by atoms with Crippen molar-refractivity contribution in [3.8, 4) is 0 Å². The zero-order valence-electron chi connectivity index (χ0n) is 14.6. The highest BCUT2D eigenvalue weighted by Gasteiger charge is 2.19. The van der Waals surface area contributed by atoms with Gasteiger partial charge in [-0.25, -0.2) is 0 Å². The van der Waals surface area contributed by atoms with E-state index in [1.165, 1.54) is 24.9 Å². The third kappa shape index (κ3) is 7.10. The minimum absolute atomic E-state index is 0.452. The molecule has 0 spiro atoms. The topological polar surface area (TPSA) is 15.3 Å². The molecule has 2 nitrogen and oxygen atoms in total. The third-order valence-electron chi connectivity index (χ3n) is 4.03. The van der Waals surface area contributed by atoms with Gasteiger partial charge >= 0.3 is 0 Å². The Morgan fingerprint density at radius 3 is 2.33 bits per heavy atom. The maximum atomic E-state index is 3.73. The van der Waals surface area contributed by atoms with Crippen molar-refractivity contribution in [2.75, 3.05) is 26.7 Å². The third-order valence-corrected chi connectivity index (χ3v) is 4.03. The van der Waals surface area contributed by atoms with E-state index in [1.807, 2.05) is 0 Å². The van der Waals surface area contributed by atoms with Crippen LogP contribution in [0.3, 0.4) is 0 Å². The molecule has 0 saturated heterocycles. The van der Waals surface area contributed by atoms with Crippen molar-refractivity contribution in [3.05, 3.63) is 35.9 Å². The van der Waals surface area contributed by atoms with Crippen molar-refractivity contribution in [1.29, 1.82) is 0 Å². The second-order valence-electron chi connectivity index (χ2n) is 6.76. The van der Waals surface area contributed by atoms with E-state index in [0.717, 1.165) is 19.0 Å². The zero-order valence-corrected chi connectivity index (χ0v) is 14.6. The minimum atomic E-state index is 0.452. The van der Waals surface area contributed by atoms with Gasteiger partial charge in [0.1, 0.15) is 0 Å². The van der Waals surface area contributed by atoms with Crippen LogP contribution >= 0.6 is 0 Å². The molecule has 2 atom stereocenters. The van der Waals surface area contributed by atoms with Crippen LogP contribution in [0.4, 0.5) is 0 Å². The summed E-state index contributed by atoms with van der Waals surface area (Å²) >= 11 is 0. The van der Waals surface area contributed by atoms with Crippen molar-refractivity contribution < 1.29 is 0 Å². The quantitative estimate of drug-likeness (QED) is 0.689. The van der Waals surface area contributed by atoms with Crippen molar-refractivity contribution >= 4 is 0 Å². The van der Waals surface area contributed by atoms with Gasteiger partial charge in [-0.1, -0.05) is 58.0 Å². The summed E-state index contributed by atoms with van der Waals surface area (Å²) < 4.78 is 0. The molecule has 1 N–H and O–H groups in total. The summed E-state index contributed by atoms with van der Waals surface area (Å²) in [5.74, 6) is 1.39. The van der Waals surface area contributed by atoms with Crippen LogP contribution in [0.1, 0.15) is 52.1 Å². The molecule has 1 rings (SSSR count). The monoisotopic (exact) mass is 290 g/mol. The van der Waals surface area contributed by atoms with Crippen LogP contribution in [0.15, 0.2) is 30.3 Å². The number of benzene rings is 1. The predicted molar refractivity (Wildman–Crippen MR) is 93.6 cm³/mol. The summed E-state index contributed by atoms with van der Waals surface area (Å²) in [4.78, 5) is 2.48. The lowest BCUT2D eigenvalue weighted by Gasteiger charge is -2.29. The standard InChI is InChI=1S/C19H34N2/c1-6-13-20-19(18-10-8-7-9-11-18)17(4)15-21(5)14-12-16(2)3/h7-11,16-17,19-20H,6,12-15H2,1-5H3. The molecular formula is C19H34N2. The van der Waals surface area contributed by atoms with Crippen LogP contribution in [0.25, 0.3) is 0 Å². The van der Waals surface area contributed by atoms with E-state index >= 15 is 0 Å². The Kier molecular flexibility index (Phi) is 8.63. The summed E-state index contributed by atoms with van der Waals surface area (Å²) in [5, 5.41) is 3.73. The van der Waals surface area contributed by atoms with E-state index in [0.29, 0.717) is 12.0 Å². The zero-order chi connectivity index (χ0) is 15.7. The van der Waals surface area contributed by atoms with Crippen molar-refractivity contribution in [2.24, 2.45) is 11.8 Å². The van der Waals surface area contributed by atoms with E-state index in [4.69, 9.17) is 0 Å². The smallest absolute Gasteiger partial charge is 0.0358 e. The molecule has 0 saturated carbocycles. The van der Waals surface area contributed by atoms with Gasteiger partial charge < -0.3 is 10.2 Å². The lowest BCUT2D eigenvalue weighted by atomic mass is 9.93. The number of nitrogens with one attached hydrogen (secondary N) is 1. The van der Waals surface area contributed by atoms with Crippen LogP contribution in [0.2, 0.25) is 0 Å². The molecular weight excluding hydrogens is 256 g/mol. The molecule has 0 aliphatic carbocycles. The van der Waals surface area contributed by atoms with Gasteiger partial charge in [-0.2, -0.15) is 0 Å². The highest BCUT2D eigenvalue weighted by molar-refractivity contribution is 5.19. The number of hydrogen-bond acceptors (Lipinski definition) is 2. The molecule has 0 bridgehead atoms. The molecule has 0 heterocycles. The highest BCUT2D eigenvalue weighted by atomic mass is 15.1. The van der Waals surface area contributed by atoms with Gasteiger partial charge in [0.2, 0.25) is 0 Å². The molecule has 1 aromatic rings. The molecule has 2 heteroatoms. The van der Waals surface area contributed by atoms with E-state index in [1.54, 1.807) is 0 Å². The summed E-state index contributed by atoms with van der Waals surface area (Å²) in [6.45, 7) is 12.6. The highest BCUT2D eigenvalue weighted by Crippen LogP contribution is 2.22. The molecule has 0 aromatic heterocycles. The molecule has 21 heavy (non-hydrogen) atoms. The lowest BCUT2D eigenvalue weighted by molar-refractivity contribution is 0.237. The summed E-state index contributed by atoms with van der Waals surface area (Å²) in [5.41, 5.74) is 1.41. The van der Waals surface area contributed by atoms with Crippen molar-refractivity contribution in [2.45, 2.75) is 46.6 Å². The second-order valence-corrected chi connectivity index (χ2v) is 6.76. The van der Waals surface area contributed by atoms with Crippen LogP contribution in [-0.2, 0) is 0 Å². The fourth-order valence-electron chi connectivity index (χ4n) is 2.77. The minimum Gasteiger partial charge on any atom is -0.310 e. The summed E-state index contributed by atoms with van der Waals surface area (Å²) in [6, 6.07) is 11.3. The Balaban J connectivity index is 2.61. The van der Waals surface area contributed by atoms with Gasteiger partial charge in [-0.05, 0) is 50.4 Å². The average Bonchev–Trinajstić information content (AvgIpc) is 2.46. The molecule has 0 amide bonds.